The number of ether oxygens (including phenoxy) is 1. The van der Waals surface area contributed by atoms with Gasteiger partial charge < -0.3 is 4.74 Å². The molecular weight excluding hydrogens is 226 g/mol. The zero-order chi connectivity index (χ0) is 11.9. The average molecular weight is 249 g/mol. The molecule has 1 saturated carbocycles. The van der Waals surface area contributed by atoms with Crippen LogP contribution in [0.25, 0.3) is 0 Å². The van der Waals surface area contributed by atoms with Gasteiger partial charge in [-0.3, -0.25) is 0 Å². The first-order valence-corrected chi connectivity index (χ1v) is 7.91. The Morgan fingerprint density at radius 3 is 2.31 bits per heavy atom. The predicted molar refractivity (Wildman–Crippen MR) is 64.7 cm³/mol. The van der Waals surface area contributed by atoms with Crippen LogP contribution in [0.4, 0.5) is 0 Å². The topological polar surface area (TPSA) is 69.4 Å². The van der Waals surface area contributed by atoms with Gasteiger partial charge in [-0.1, -0.05) is 25.7 Å². The Morgan fingerprint density at radius 1 is 1.06 bits per heavy atom. The van der Waals surface area contributed by atoms with Crippen LogP contribution in [0.2, 0.25) is 0 Å². The molecule has 1 fully saturated rings. The van der Waals surface area contributed by atoms with E-state index in [-0.39, 0.29) is 5.75 Å². The summed E-state index contributed by atoms with van der Waals surface area (Å²) in [6, 6.07) is 0. The second-order valence-corrected chi connectivity index (χ2v) is 6.29. The largest absolute Gasteiger partial charge is 0.378 e. The maximum absolute atomic E-state index is 10.6. The maximum atomic E-state index is 10.6. The molecule has 96 valence electrons. The fourth-order valence-corrected chi connectivity index (χ4v) is 2.67. The minimum Gasteiger partial charge on any atom is -0.378 e. The van der Waals surface area contributed by atoms with Crippen LogP contribution in [0.15, 0.2) is 0 Å². The van der Waals surface area contributed by atoms with Gasteiger partial charge in [0.2, 0.25) is 10.0 Å². The summed E-state index contributed by atoms with van der Waals surface area (Å²) in [6.07, 6.45) is 9.18. The van der Waals surface area contributed by atoms with Crippen LogP contribution in [0.3, 0.4) is 0 Å². The van der Waals surface area contributed by atoms with E-state index in [2.05, 4.69) is 0 Å². The summed E-state index contributed by atoms with van der Waals surface area (Å²) in [7, 11) is -3.26. The van der Waals surface area contributed by atoms with Crippen molar-refractivity contribution in [3.63, 3.8) is 0 Å². The first-order valence-electron chi connectivity index (χ1n) is 6.20. The summed E-state index contributed by atoms with van der Waals surface area (Å²) in [5, 5.41) is 4.91. The molecule has 0 spiro atoms. The number of rotatable bonds is 8. The lowest BCUT2D eigenvalue weighted by atomic mass is 10.2. The molecule has 1 aliphatic rings. The third kappa shape index (κ3) is 7.19. The molecular formula is C11H23NO3S. The summed E-state index contributed by atoms with van der Waals surface area (Å²) in [5.74, 6) is 0.108. The van der Waals surface area contributed by atoms with E-state index in [0.717, 1.165) is 25.9 Å². The van der Waals surface area contributed by atoms with Crippen molar-refractivity contribution in [3.8, 4) is 0 Å². The molecule has 0 bridgehead atoms. The lowest BCUT2D eigenvalue weighted by Gasteiger charge is -2.10. The van der Waals surface area contributed by atoms with Crippen molar-refractivity contribution in [2.75, 3.05) is 12.4 Å². The number of nitrogens with two attached hydrogens (primary N) is 1. The van der Waals surface area contributed by atoms with Crippen molar-refractivity contribution in [2.24, 2.45) is 5.14 Å². The quantitative estimate of drug-likeness (QED) is 0.667. The van der Waals surface area contributed by atoms with E-state index in [1.807, 2.05) is 0 Å². The zero-order valence-corrected chi connectivity index (χ0v) is 10.7. The average Bonchev–Trinajstić information content (AvgIpc) is 2.67. The van der Waals surface area contributed by atoms with E-state index in [1.165, 1.54) is 25.7 Å². The smallest absolute Gasteiger partial charge is 0.209 e. The zero-order valence-electron chi connectivity index (χ0n) is 9.86. The molecule has 0 aromatic rings. The van der Waals surface area contributed by atoms with Crippen LogP contribution in [-0.4, -0.2) is 26.9 Å². The minimum atomic E-state index is -3.26. The molecule has 1 aliphatic carbocycles. The van der Waals surface area contributed by atoms with Crippen LogP contribution in [0.5, 0.6) is 0 Å². The first-order chi connectivity index (χ1) is 7.58. The molecule has 1 rings (SSSR count). The van der Waals surface area contributed by atoms with Gasteiger partial charge in [0.05, 0.1) is 11.9 Å². The minimum absolute atomic E-state index is 0.108. The van der Waals surface area contributed by atoms with Gasteiger partial charge in [0.15, 0.2) is 0 Å². The van der Waals surface area contributed by atoms with Gasteiger partial charge in [-0.15, -0.1) is 0 Å². The standard InChI is InChI=1S/C11H23NO3S/c12-16(13,14)10-6-2-1-5-9-15-11-7-3-4-8-11/h11H,1-10H2,(H2,12,13,14). The second-order valence-electron chi connectivity index (χ2n) is 4.56. The van der Waals surface area contributed by atoms with E-state index in [1.54, 1.807) is 0 Å². The van der Waals surface area contributed by atoms with Gasteiger partial charge in [-0.05, 0) is 25.7 Å². The molecule has 0 aliphatic heterocycles. The van der Waals surface area contributed by atoms with E-state index >= 15 is 0 Å². The van der Waals surface area contributed by atoms with Gasteiger partial charge in [-0.25, -0.2) is 13.6 Å². The molecule has 2 N–H and O–H groups in total. The molecule has 0 aromatic heterocycles. The van der Waals surface area contributed by atoms with Crippen LogP contribution < -0.4 is 5.14 Å². The number of hydrogen-bond acceptors (Lipinski definition) is 3. The normalized spacial score (nSPS) is 18.1. The number of unbranched alkanes of at least 4 members (excludes halogenated alkanes) is 3. The molecule has 5 heteroatoms. The second kappa shape index (κ2) is 7.25. The predicted octanol–water partition coefficient (Wildman–Crippen LogP) is 1.79. The molecule has 4 nitrogen and oxygen atoms in total. The monoisotopic (exact) mass is 249 g/mol. The summed E-state index contributed by atoms with van der Waals surface area (Å²) < 4.78 is 27.0. The molecule has 0 amide bonds. The van der Waals surface area contributed by atoms with E-state index in [0.29, 0.717) is 12.5 Å². The van der Waals surface area contributed by atoms with E-state index in [9.17, 15) is 8.42 Å². The number of sulfonamides is 1. The van der Waals surface area contributed by atoms with E-state index in [4.69, 9.17) is 9.88 Å². The van der Waals surface area contributed by atoms with Crippen LogP contribution in [-0.2, 0) is 14.8 Å². The van der Waals surface area contributed by atoms with Crippen LogP contribution in [0, 0.1) is 0 Å². The van der Waals surface area contributed by atoms with Crippen molar-refractivity contribution in [1.29, 1.82) is 0 Å². The van der Waals surface area contributed by atoms with Gasteiger partial charge in [0, 0.05) is 6.61 Å². The molecule has 0 radical (unpaired) electrons. The number of primary sulfonamides is 1. The molecule has 0 aromatic carbocycles. The van der Waals surface area contributed by atoms with Gasteiger partial charge in [0.1, 0.15) is 0 Å². The highest BCUT2D eigenvalue weighted by molar-refractivity contribution is 7.89. The summed E-state index contributed by atoms with van der Waals surface area (Å²) in [4.78, 5) is 0. The highest BCUT2D eigenvalue weighted by Gasteiger charge is 2.14. The Balaban J connectivity index is 1.84. The highest BCUT2D eigenvalue weighted by Crippen LogP contribution is 2.21. The molecule has 0 atom stereocenters. The fraction of sp³-hybridized carbons (Fsp3) is 1.00. The molecule has 16 heavy (non-hydrogen) atoms. The highest BCUT2D eigenvalue weighted by atomic mass is 32.2. The Morgan fingerprint density at radius 2 is 1.69 bits per heavy atom. The number of hydrogen-bond donors (Lipinski definition) is 1. The summed E-state index contributed by atoms with van der Waals surface area (Å²) in [5.41, 5.74) is 0. The Bertz CT molecular complexity index is 271. The van der Waals surface area contributed by atoms with Gasteiger partial charge in [0.25, 0.3) is 0 Å². The SMILES string of the molecule is NS(=O)(=O)CCCCCCOC1CCCC1. The lowest BCUT2D eigenvalue weighted by molar-refractivity contribution is 0.0557. The van der Waals surface area contributed by atoms with Crippen molar-refractivity contribution in [2.45, 2.75) is 57.5 Å². The van der Waals surface area contributed by atoms with Gasteiger partial charge in [-0.2, -0.15) is 0 Å². The van der Waals surface area contributed by atoms with E-state index < -0.39 is 10.0 Å². The lowest BCUT2D eigenvalue weighted by Crippen LogP contribution is -2.16. The Hall–Kier alpha value is -0.130. The Kier molecular flexibility index (Phi) is 6.31. The van der Waals surface area contributed by atoms with Crippen molar-refractivity contribution >= 4 is 10.0 Å². The summed E-state index contributed by atoms with van der Waals surface area (Å²) >= 11 is 0. The third-order valence-electron chi connectivity index (χ3n) is 2.98. The fourth-order valence-electron chi connectivity index (χ4n) is 2.06. The van der Waals surface area contributed by atoms with Crippen LogP contribution >= 0.6 is 0 Å². The molecule has 0 heterocycles. The molecule has 0 unspecified atom stereocenters. The van der Waals surface area contributed by atoms with Gasteiger partial charge >= 0.3 is 0 Å². The van der Waals surface area contributed by atoms with Crippen molar-refractivity contribution < 1.29 is 13.2 Å². The molecule has 0 saturated heterocycles. The summed E-state index contributed by atoms with van der Waals surface area (Å²) in [6.45, 7) is 0.819. The van der Waals surface area contributed by atoms with Crippen molar-refractivity contribution in [1.82, 2.24) is 0 Å². The van der Waals surface area contributed by atoms with Crippen molar-refractivity contribution in [3.05, 3.63) is 0 Å². The van der Waals surface area contributed by atoms with Crippen LogP contribution in [0.1, 0.15) is 51.4 Å². The first kappa shape index (κ1) is 13.9. The third-order valence-corrected chi connectivity index (χ3v) is 3.84. The Labute approximate surface area is 98.6 Å². The maximum Gasteiger partial charge on any atom is 0.209 e.